The standard InChI is InChI=1S/C8H11BrSi/c9-8-3-1-7(2-4-8)5-6-10/h1-4H,5-6H2,10H3. The zero-order valence-electron chi connectivity index (χ0n) is 6.10. The summed E-state index contributed by atoms with van der Waals surface area (Å²) in [5, 5.41) is 0. The Labute approximate surface area is 73.2 Å². The summed E-state index contributed by atoms with van der Waals surface area (Å²) in [5.74, 6) is 0. The van der Waals surface area contributed by atoms with Crippen LogP contribution in [0.3, 0.4) is 0 Å². The minimum atomic E-state index is 1.17. The minimum absolute atomic E-state index is 1.17. The van der Waals surface area contributed by atoms with Crippen molar-refractivity contribution in [1.82, 2.24) is 0 Å². The fourth-order valence-electron chi connectivity index (χ4n) is 0.940. The van der Waals surface area contributed by atoms with Gasteiger partial charge in [0.05, 0.1) is 0 Å². The Morgan fingerprint density at radius 2 is 1.80 bits per heavy atom. The zero-order valence-corrected chi connectivity index (χ0v) is 9.69. The summed E-state index contributed by atoms with van der Waals surface area (Å²) >= 11 is 3.41. The lowest BCUT2D eigenvalue weighted by Crippen LogP contribution is -1.81. The van der Waals surface area contributed by atoms with Crippen LogP contribution in [0.2, 0.25) is 6.04 Å². The van der Waals surface area contributed by atoms with Crippen molar-refractivity contribution in [3.63, 3.8) is 0 Å². The van der Waals surface area contributed by atoms with Crippen molar-refractivity contribution >= 4 is 26.2 Å². The van der Waals surface area contributed by atoms with Crippen LogP contribution >= 0.6 is 15.9 Å². The van der Waals surface area contributed by atoms with Crippen molar-refractivity contribution in [1.29, 1.82) is 0 Å². The molecule has 10 heavy (non-hydrogen) atoms. The molecule has 0 aliphatic heterocycles. The quantitative estimate of drug-likeness (QED) is 0.659. The molecule has 0 saturated carbocycles. The predicted octanol–water partition coefficient (Wildman–Crippen LogP) is 1.78. The molecule has 1 aromatic carbocycles. The highest BCUT2D eigenvalue weighted by Gasteiger charge is 1.88. The molecule has 0 bridgehead atoms. The summed E-state index contributed by atoms with van der Waals surface area (Å²) in [4.78, 5) is 0. The summed E-state index contributed by atoms with van der Waals surface area (Å²) < 4.78 is 1.17. The third-order valence-electron chi connectivity index (χ3n) is 1.45. The monoisotopic (exact) mass is 214 g/mol. The molecule has 0 saturated heterocycles. The van der Waals surface area contributed by atoms with E-state index in [1.54, 1.807) is 0 Å². The van der Waals surface area contributed by atoms with Crippen LogP contribution in [0.25, 0.3) is 0 Å². The van der Waals surface area contributed by atoms with Gasteiger partial charge in [-0.25, -0.2) is 0 Å². The molecule has 2 heteroatoms. The average molecular weight is 215 g/mol. The van der Waals surface area contributed by atoms with Crippen LogP contribution in [0.5, 0.6) is 0 Å². The Kier molecular flexibility index (Phi) is 3.16. The van der Waals surface area contributed by atoms with Gasteiger partial charge in [0, 0.05) is 14.7 Å². The largest absolute Gasteiger partial charge is 0.0619 e. The molecule has 1 rings (SSSR count). The number of aryl methyl sites for hydroxylation is 1. The Morgan fingerprint density at radius 3 is 2.30 bits per heavy atom. The van der Waals surface area contributed by atoms with Gasteiger partial charge in [-0.1, -0.05) is 34.1 Å². The normalized spacial score (nSPS) is 10.1. The molecule has 0 fully saturated rings. The van der Waals surface area contributed by atoms with E-state index in [1.807, 2.05) is 0 Å². The second kappa shape index (κ2) is 3.94. The Bertz CT molecular complexity index is 193. The number of halogens is 1. The molecule has 0 aliphatic rings. The first kappa shape index (κ1) is 8.02. The molecule has 0 radical (unpaired) electrons. The van der Waals surface area contributed by atoms with Crippen molar-refractivity contribution in [3.05, 3.63) is 34.3 Å². The van der Waals surface area contributed by atoms with Crippen LogP contribution in [0.4, 0.5) is 0 Å². The first-order chi connectivity index (χ1) is 4.83. The Morgan fingerprint density at radius 1 is 1.20 bits per heavy atom. The van der Waals surface area contributed by atoms with E-state index in [9.17, 15) is 0 Å². The predicted molar refractivity (Wildman–Crippen MR) is 52.6 cm³/mol. The van der Waals surface area contributed by atoms with Crippen LogP contribution in [0.1, 0.15) is 5.56 Å². The summed E-state index contributed by atoms with van der Waals surface area (Å²) in [7, 11) is 1.31. The fourth-order valence-corrected chi connectivity index (χ4v) is 1.78. The van der Waals surface area contributed by atoms with Gasteiger partial charge in [0.25, 0.3) is 0 Å². The van der Waals surface area contributed by atoms with Crippen molar-refractivity contribution in [2.24, 2.45) is 0 Å². The molecule has 1 aromatic rings. The van der Waals surface area contributed by atoms with Gasteiger partial charge in [-0.15, -0.1) is 0 Å². The molecule has 0 spiro atoms. The second-order valence-corrected chi connectivity index (χ2v) is 4.29. The lowest BCUT2D eigenvalue weighted by atomic mass is 10.2. The molecular weight excluding hydrogens is 204 g/mol. The molecule has 0 N–H and O–H groups in total. The maximum absolute atomic E-state index is 3.41. The molecule has 54 valence electrons. The molecule has 0 aromatic heterocycles. The van der Waals surface area contributed by atoms with E-state index in [0.717, 1.165) is 0 Å². The fraction of sp³-hybridized carbons (Fsp3) is 0.250. The first-order valence-electron chi connectivity index (χ1n) is 3.57. The summed E-state index contributed by atoms with van der Waals surface area (Å²) in [5.41, 5.74) is 1.46. The van der Waals surface area contributed by atoms with Gasteiger partial charge in [-0.05, 0) is 24.1 Å². The molecule has 0 amide bonds. The van der Waals surface area contributed by atoms with E-state index >= 15 is 0 Å². The van der Waals surface area contributed by atoms with Crippen LogP contribution < -0.4 is 0 Å². The van der Waals surface area contributed by atoms with Crippen LogP contribution in [-0.2, 0) is 6.42 Å². The van der Waals surface area contributed by atoms with E-state index in [2.05, 4.69) is 40.2 Å². The highest BCUT2D eigenvalue weighted by Crippen LogP contribution is 2.11. The van der Waals surface area contributed by atoms with Gasteiger partial charge < -0.3 is 0 Å². The van der Waals surface area contributed by atoms with E-state index in [0.29, 0.717) is 0 Å². The summed E-state index contributed by atoms with van der Waals surface area (Å²) in [6, 6.07) is 9.94. The van der Waals surface area contributed by atoms with Crippen molar-refractivity contribution in [2.45, 2.75) is 12.5 Å². The van der Waals surface area contributed by atoms with Crippen LogP contribution in [0, 0.1) is 0 Å². The van der Waals surface area contributed by atoms with Gasteiger partial charge in [-0.2, -0.15) is 0 Å². The molecule has 0 nitrogen and oxygen atoms in total. The third kappa shape index (κ3) is 2.27. The highest BCUT2D eigenvalue weighted by molar-refractivity contribution is 9.10. The second-order valence-electron chi connectivity index (χ2n) is 2.38. The number of benzene rings is 1. The van der Waals surface area contributed by atoms with E-state index in [4.69, 9.17) is 0 Å². The van der Waals surface area contributed by atoms with E-state index < -0.39 is 0 Å². The van der Waals surface area contributed by atoms with Gasteiger partial charge in [0.2, 0.25) is 0 Å². The Balaban J connectivity index is 2.69. The first-order valence-corrected chi connectivity index (χ1v) is 5.78. The molecule has 0 atom stereocenters. The summed E-state index contributed by atoms with van der Waals surface area (Å²) in [6.45, 7) is 0. The van der Waals surface area contributed by atoms with Gasteiger partial charge in [-0.3, -0.25) is 0 Å². The third-order valence-corrected chi connectivity index (χ3v) is 2.48. The van der Waals surface area contributed by atoms with Crippen LogP contribution in [0.15, 0.2) is 28.7 Å². The zero-order chi connectivity index (χ0) is 7.40. The van der Waals surface area contributed by atoms with E-state index in [-0.39, 0.29) is 0 Å². The lowest BCUT2D eigenvalue weighted by molar-refractivity contribution is 1.13. The smallest absolute Gasteiger partial charge is 0.0175 e. The maximum Gasteiger partial charge on any atom is 0.0175 e. The molecule has 0 heterocycles. The minimum Gasteiger partial charge on any atom is -0.0619 e. The highest BCUT2D eigenvalue weighted by atomic mass is 79.9. The van der Waals surface area contributed by atoms with E-state index in [1.165, 1.54) is 32.7 Å². The van der Waals surface area contributed by atoms with Gasteiger partial charge in [0.15, 0.2) is 0 Å². The number of hydrogen-bond donors (Lipinski definition) is 0. The Hall–Kier alpha value is -0.0831. The average Bonchev–Trinajstić information content (AvgIpc) is 1.95. The number of hydrogen-bond acceptors (Lipinski definition) is 0. The molecule has 0 unspecified atom stereocenters. The molecule has 0 aliphatic carbocycles. The lowest BCUT2D eigenvalue weighted by Gasteiger charge is -1.96. The summed E-state index contributed by atoms with van der Waals surface area (Å²) in [6.07, 6.45) is 1.25. The topological polar surface area (TPSA) is 0 Å². The van der Waals surface area contributed by atoms with Crippen molar-refractivity contribution in [3.8, 4) is 0 Å². The SMILES string of the molecule is [SiH3]CCc1ccc(Br)cc1. The number of rotatable bonds is 2. The van der Waals surface area contributed by atoms with Gasteiger partial charge in [0.1, 0.15) is 0 Å². The maximum atomic E-state index is 3.41. The van der Waals surface area contributed by atoms with Gasteiger partial charge >= 0.3 is 0 Å². The van der Waals surface area contributed by atoms with Crippen molar-refractivity contribution in [2.75, 3.05) is 0 Å². The van der Waals surface area contributed by atoms with Crippen molar-refractivity contribution < 1.29 is 0 Å². The van der Waals surface area contributed by atoms with Crippen LogP contribution in [-0.4, -0.2) is 10.2 Å². The molecular formula is C8H11BrSi.